The van der Waals surface area contributed by atoms with Crippen LogP contribution < -0.4 is 5.32 Å². The molecule has 0 radical (unpaired) electrons. The summed E-state index contributed by atoms with van der Waals surface area (Å²) in [6.07, 6.45) is 4.42. The lowest BCUT2D eigenvalue weighted by atomic mass is 10.1. The van der Waals surface area contributed by atoms with Gasteiger partial charge in [-0.3, -0.25) is 4.79 Å². The van der Waals surface area contributed by atoms with E-state index in [2.05, 4.69) is 40.8 Å². The minimum atomic E-state index is 0.197. The van der Waals surface area contributed by atoms with Crippen molar-refractivity contribution in [2.75, 3.05) is 12.3 Å². The van der Waals surface area contributed by atoms with Crippen molar-refractivity contribution in [2.45, 2.75) is 44.7 Å². The molecule has 1 fully saturated rings. The lowest BCUT2D eigenvalue weighted by molar-refractivity contribution is -0.124. The Hall–Kier alpha value is -1.89. The molecule has 0 aliphatic heterocycles. The molecule has 0 unspecified atom stereocenters. The summed E-state index contributed by atoms with van der Waals surface area (Å²) in [6, 6.07) is 6.11. The number of carbonyl (C=O) groups is 1. The third-order valence-electron chi connectivity index (χ3n) is 4.60. The highest BCUT2D eigenvalue weighted by Gasteiger charge is 2.22. The van der Waals surface area contributed by atoms with Crippen LogP contribution in [0, 0.1) is 19.8 Å². The standard InChI is InChI=1S/C17H23N5OS/c1-12-6-5-9-15(13(12)2)22-17(19-20-21-22)24-11-10-18-16(23)14-7-3-4-8-14/h5-6,9,14H,3-4,7-8,10-11H2,1-2H3,(H,18,23). The molecule has 1 aliphatic carbocycles. The van der Waals surface area contributed by atoms with E-state index < -0.39 is 0 Å². The fourth-order valence-electron chi connectivity index (χ4n) is 3.03. The van der Waals surface area contributed by atoms with Gasteiger partial charge in [0.1, 0.15) is 0 Å². The first-order valence-corrected chi connectivity index (χ1v) is 9.41. The van der Waals surface area contributed by atoms with Crippen molar-refractivity contribution >= 4 is 17.7 Å². The first-order chi connectivity index (χ1) is 11.7. The number of hydrogen-bond donors (Lipinski definition) is 1. The van der Waals surface area contributed by atoms with Gasteiger partial charge >= 0.3 is 0 Å². The second-order valence-corrected chi connectivity index (χ2v) is 7.28. The van der Waals surface area contributed by atoms with E-state index in [4.69, 9.17) is 0 Å². The molecule has 6 nitrogen and oxygen atoms in total. The van der Waals surface area contributed by atoms with Gasteiger partial charge in [0.05, 0.1) is 5.69 Å². The average molecular weight is 345 g/mol. The lowest BCUT2D eigenvalue weighted by Gasteiger charge is -2.11. The van der Waals surface area contributed by atoms with E-state index in [1.54, 1.807) is 16.4 Å². The molecule has 0 bridgehead atoms. The lowest BCUT2D eigenvalue weighted by Crippen LogP contribution is -2.31. The van der Waals surface area contributed by atoms with Crippen LogP contribution in [0.2, 0.25) is 0 Å². The maximum atomic E-state index is 12.0. The summed E-state index contributed by atoms with van der Waals surface area (Å²) in [7, 11) is 0. The van der Waals surface area contributed by atoms with Gasteiger partial charge in [-0.2, -0.15) is 4.68 Å². The minimum Gasteiger partial charge on any atom is -0.355 e. The third-order valence-corrected chi connectivity index (χ3v) is 5.52. The Kier molecular flexibility index (Phi) is 5.50. The van der Waals surface area contributed by atoms with E-state index in [1.165, 1.54) is 24.0 Å². The van der Waals surface area contributed by atoms with E-state index in [-0.39, 0.29) is 11.8 Å². The first kappa shape index (κ1) is 17.0. The highest BCUT2D eigenvalue weighted by atomic mass is 32.2. The molecular formula is C17H23N5OS. The van der Waals surface area contributed by atoms with Gasteiger partial charge in [-0.25, -0.2) is 0 Å². The summed E-state index contributed by atoms with van der Waals surface area (Å²) in [6.45, 7) is 4.79. The molecule has 1 aliphatic rings. The van der Waals surface area contributed by atoms with Gasteiger partial charge in [0.2, 0.25) is 11.1 Å². The number of thioether (sulfide) groups is 1. The molecule has 24 heavy (non-hydrogen) atoms. The van der Waals surface area contributed by atoms with Crippen molar-refractivity contribution in [1.29, 1.82) is 0 Å². The summed E-state index contributed by atoms with van der Waals surface area (Å²) in [5.74, 6) is 1.17. The maximum Gasteiger partial charge on any atom is 0.223 e. The molecule has 1 N–H and O–H groups in total. The van der Waals surface area contributed by atoms with E-state index in [1.807, 2.05) is 12.1 Å². The van der Waals surface area contributed by atoms with Crippen molar-refractivity contribution in [3.63, 3.8) is 0 Å². The fourth-order valence-corrected chi connectivity index (χ4v) is 3.77. The second-order valence-electron chi connectivity index (χ2n) is 6.21. The molecule has 2 aromatic rings. The molecule has 1 amide bonds. The molecular weight excluding hydrogens is 322 g/mol. The van der Waals surface area contributed by atoms with Crippen molar-refractivity contribution in [1.82, 2.24) is 25.5 Å². The Balaban J connectivity index is 1.56. The summed E-state index contributed by atoms with van der Waals surface area (Å²) < 4.78 is 1.77. The van der Waals surface area contributed by atoms with E-state index in [9.17, 15) is 4.79 Å². The van der Waals surface area contributed by atoms with E-state index >= 15 is 0 Å². The van der Waals surface area contributed by atoms with Crippen LogP contribution in [0.4, 0.5) is 0 Å². The topological polar surface area (TPSA) is 72.7 Å². The van der Waals surface area contributed by atoms with E-state index in [0.29, 0.717) is 6.54 Å². The van der Waals surface area contributed by atoms with Crippen LogP contribution in [0.25, 0.3) is 5.69 Å². The molecule has 0 spiro atoms. The highest BCUT2D eigenvalue weighted by Crippen LogP contribution is 2.25. The Labute approximate surface area is 146 Å². The Bertz CT molecular complexity index is 709. The van der Waals surface area contributed by atoms with Gasteiger partial charge in [-0.15, -0.1) is 5.10 Å². The molecule has 128 valence electrons. The number of nitrogens with one attached hydrogen (secondary N) is 1. The summed E-state index contributed by atoms with van der Waals surface area (Å²) in [5.41, 5.74) is 3.38. The molecule has 0 saturated heterocycles. The number of aryl methyl sites for hydroxylation is 1. The van der Waals surface area contributed by atoms with Gasteiger partial charge in [0.25, 0.3) is 0 Å². The molecule has 1 aromatic carbocycles. The van der Waals surface area contributed by atoms with Crippen LogP contribution in [-0.2, 0) is 4.79 Å². The first-order valence-electron chi connectivity index (χ1n) is 8.42. The van der Waals surface area contributed by atoms with Crippen molar-refractivity contribution in [3.05, 3.63) is 29.3 Å². The van der Waals surface area contributed by atoms with Crippen LogP contribution in [0.5, 0.6) is 0 Å². The molecule has 3 rings (SSSR count). The predicted octanol–water partition coefficient (Wildman–Crippen LogP) is 2.68. The number of aromatic nitrogens is 4. The van der Waals surface area contributed by atoms with Crippen LogP contribution in [0.15, 0.2) is 23.4 Å². The SMILES string of the molecule is Cc1cccc(-n2nnnc2SCCNC(=O)C2CCCC2)c1C. The Morgan fingerprint density at radius 1 is 1.33 bits per heavy atom. The zero-order chi connectivity index (χ0) is 16.9. The molecule has 7 heteroatoms. The normalized spacial score (nSPS) is 14.9. The number of tetrazole rings is 1. The van der Waals surface area contributed by atoms with Crippen LogP contribution in [0.1, 0.15) is 36.8 Å². The quantitative estimate of drug-likeness (QED) is 0.644. The average Bonchev–Trinajstić information content (AvgIpc) is 3.25. The van der Waals surface area contributed by atoms with Crippen LogP contribution >= 0.6 is 11.8 Å². The maximum absolute atomic E-state index is 12.0. The smallest absolute Gasteiger partial charge is 0.223 e. The van der Waals surface area contributed by atoms with Gasteiger partial charge in [-0.1, -0.05) is 36.7 Å². The number of rotatable bonds is 6. The van der Waals surface area contributed by atoms with Gasteiger partial charge in [-0.05, 0) is 54.3 Å². The number of hydrogen-bond acceptors (Lipinski definition) is 5. The second kappa shape index (κ2) is 7.79. The highest BCUT2D eigenvalue weighted by molar-refractivity contribution is 7.99. The van der Waals surface area contributed by atoms with Crippen molar-refractivity contribution in [2.24, 2.45) is 5.92 Å². The molecule has 1 aromatic heterocycles. The number of amides is 1. The van der Waals surface area contributed by atoms with Crippen molar-refractivity contribution in [3.8, 4) is 5.69 Å². The van der Waals surface area contributed by atoms with Gasteiger partial charge < -0.3 is 5.32 Å². The van der Waals surface area contributed by atoms with Crippen LogP contribution in [0.3, 0.4) is 0 Å². The minimum absolute atomic E-state index is 0.197. The largest absolute Gasteiger partial charge is 0.355 e. The van der Waals surface area contributed by atoms with Crippen molar-refractivity contribution < 1.29 is 4.79 Å². The summed E-state index contributed by atoms with van der Waals surface area (Å²) >= 11 is 1.56. The van der Waals surface area contributed by atoms with Gasteiger partial charge in [0, 0.05) is 18.2 Å². The third kappa shape index (κ3) is 3.77. The monoisotopic (exact) mass is 345 g/mol. The summed E-state index contributed by atoms with van der Waals surface area (Å²) in [5, 5.41) is 15.8. The Morgan fingerprint density at radius 2 is 2.12 bits per heavy atom. The number of carbonyl (C=O) groups excluding carboxylic acids is 1. The van der Waals surface area contributed by atoms with Gasteiger partial charge in [0.15, 0.2) is 0 Å². The number of nitrogens with zero attached hydrogens (tertiary/aromatic N) is 4. The predicted molar refractivity (Wildman–Crippen MR) is 94.3 cm³/mol. The Morgan fingerprint density at radius 3 is 2.92 bits per heavy atom. The number of benzene rings is 1. The zero-order valence-corrected chi connectivity index (χ0v) is 15.0. The zero-order valence-electron chi connectivity index (χ0n) is 14.2. The fraction of sp³-hybridized carbons (Fsp3) is 0.529. The van der Waals surface area contributed by atoms with E-state index in [0.717, 1.165) is 29.4 Å². The van der Waals surface area contributed by atoms with Crippen LogP contribution in [-0.4, -0.2) is 38.4 Å². The molecule has 1 saturated carbocycles. The molecule has 0 atom stereocenters. The molecule has 1 heterocycles. The summed E-state index contributed by atoms with van der Waals surface area (Å²) in [4.78, 5) is 12.0.